The van der Waals surface area contributed by atoms with Gasteiger partial charge in [-0.25, -0.2) is 0 Å². The summed E-state index contributed by atoms with van der Waals surface area (Å²) in [6.07, 6.45) is -4.36. The van der Waals surface area contributed by atoms with Crippen LogP contribution in [0.1, 0.15) is 22.8 Å². The van der Waals surface area contributed by atoms with Gasteiger partial charge in [0.2, 0.25) is 5.89 Å². The van der Waals surface area contributed by atoms with Crippen LogP contribution in [0.3, 0.4) is 0 Å². The Morgan fingerprint density at radius 3 is 2.61 bits per heavy atom. The summed E-state index contributed by atoms with van der Waals surface area (Å²) < 4.78 is 42.9. The summed E-state index contributed by atoms with van der Waals surface area (Å²) in [6, 6.07) is 5.12. The summed E-state index contributed by atoms with van der Waals surface area (Å²) in [5.41, 5.74) is -0.183. The zero-order valence-electron chi connectivity index (χ0n) is 12.6. The van der Waals surface area contributed by atoms with Crippen LogP contribution in [0, 0.1) is 6.92 Å². The van der Waals surface area contributed by atoms with Crippen LogP contribution in [0.2, 0.25) is 0 Å². The normalized spacial score (nSPS) is 12.3. The molecule has 0 bridgehead atoms. The highest BCUT2D eigenvalue weighted by molar-refractivity contribution is 5.79. The van der Waals surface area contributed by atoms with Gasteiger partial charge in [-0.3, -0.25) is 4.99 Å². The molecule has 0 amide bonds. The molecule has 2 rings (SSSR count). The number of aromatic nitrogens is 2. The lowest BCUT2D eigenvalue weighted by atomic mass is 10.1. The number of nitrogens with zero attached hydrogens (tertiary/aromatic N) is 3. The molecule has 0 spiro atoms. The number of aliphatic imine (C=N–C) groups is 1. The number of rotatable bonds is 4. The van der Waals surface area contributed by atoms with Crippen LogP contribution in [-0.2, 0) is 19.3 Å². The molecule has 0 aliphatic rings. The molecule has 6 nitrogen and oxygen atoms in total. The molecule has 0 saturated heterocycles. The molecule has 2 N–H and O–H groups in total. The molecule has 23 heavy (non-hydrogen) atoms. The molecule has 0 radical (unpaired) electrons. The van der Waals surface area contributed by atoms with Crippen molar-refractivity contribution in [2.75, 3.05) is 7.05 Å². The highest BCUT2D eigenvalue weighted by atomic mass is 19.4. The molecule has 1 heterocycles. The van der Waals surface area contributed by atoms with Crippen molar-refractivity contribution in [1.29, 1.82) is 0 Å². The fraction of sp³-hybridized carbons (Fsp3) is 0.357. The SMILES string of the molecule is CN=C(NCc1cccc(C(F)(F)F)c1)NCc1nc(C)no1. The molecule has 0 fully saturated rings. The van der Waals surface area contributed by atoms with Gasteiger partial charge in [0.15, 0.2) is 11.8 Å². The van der Waals surface area contributed by atoms with Gasteiger partial charge < -0.3 is 15.2 Å². The summed E-state index contributed by atoms with van der Waals surface area (Å²) in [7, 11) is 1.56. The molecule has 2 aromatic rings. The van der Waals surface area contributed by atoms with Crippen LogP contribution in [0.25, 0.3) is 0 Å². The molecule has 0 aliphatic heterocycles. The average molecular weight is 327 g/mol. The van der Waals surface area contributed by atoms with Crippen LogP contribution in [0.15, 0.2) is 33.8 Å². The number of nitrogens with one attached hydrogen (secondary N) is 2. The zero-order chi connectivity index (χ0) is 16.9. The molecular weight excluding hydrogens is 311 g/mol. The third-order valence-electron chi connectivity index (χ3n) is 2.91. The number of alkyl halides is 3. The Kier molecular flexibility index (Phi) is 5.20. The van der Waals surface area contributed by atoms with Gasteiger partial charge >= 0.3 is 6.18 Å². The van der Waals surface area contributed by atoms with E-state index in [0.29, 0.717) is 23.2 Å². The maximum absolute atomic E-state index is 12.7. The van der Waals surface area contributed by atoms with Gasteiger partial charge in [0.25, 0.3) is 0 Å². The number of benzene rings is 1. The van der Waals surface area contributed by atoms with E-state index < -0.39 is 11.7 Å². The Morgan fingerprint density at radius 1 is 1.26 bits per heavy atom. The first kappa shape index (κ1) is 16.8. The van der Waals surface area contributed by atoms with Crippen LogP contribution < -0.4 is 10.6 Å². The second kappa shape index (κ2) is 7.12. The van der Waals surface area contributed by atoms with E-state index in [1.54, 1.807) is 20.0 Å². The van der Waals surface area contributed by atoms with Gasteiger partial charge in [-0.05, 0) is 24.6 Å². The molecule has 0 aliphatic carbocycles. The number of halogens is 3. The van der Waals surface area contributed by atoms with Crippen molar-refractivity contribution in [1.82, 2.24) is 20.8 Å². The summed E-state index contributed by atoms with van der Waals surface area (Å²) in [4.78, 5) is 8.00. The molecule has 0 unspecified atom stereocenters. The molecule has 124 valence electrons. The lowest BCUT2D eigenvalue weighted by Crippen LogP contribution is -2.36. The van der Waals surface area contributed by atoms with E-state index in [1.807, 2.05) is 0 Å². The van der Waals surface area contributed by atoms with Gasteiger partial charge in [0.1, 0.15) is 0 Å². The second-order valence-electron chi connectivity index (χ2n) is 4.71. The second-order valence-corrected chi connectivity index (χ2v) is 4.71. The fourth-order valence-corrected chi connectivity index (χ4v) is 1.84. The number of aryl methyl sites for hydroxylation is 1. The van der Waals surface area contributed by atoms with Crippen molar-refractivity contribution >= 4 is 5.96 Å². The third kappa shape index (κ3) is 4.97. The Hall–Kier alpha value is -2.58. The molecule has 1 aromatic heterocycles. The van der Waals surface area contributed by atoms with Crippen molar-refractivity contribution in [3.63, 3.8) is 0 Å². The average Bonchev–Trinajstić information content (AvgIpc) is 2.92. The lowest BCUT2D eigenvalue weighted by Gasteiger charge is -2.12. The molecule has 0 saturated carbocycles. The monoisotopic (exact) mass is 327 g/mol. The third-order valence-corrected chi connectivity index (χ3v) is 2.91. The van der Waals surface area contributed by atoms with Crippen LogP contribution >= 0.6 is 0 Å². The highest BCUT2D eigenvalue weighted by Gasteiger charge is 2.30. The molecule has 9 heteroatoms. The highest BCUT2D eigenvalue weighted by Crippen LogP contribution is 2.29. The van der Waals surface area contributed by atoms with Gasteiger partial charge in [-0.2, -0.15) is 18.2 Å². The Labute approximate surface area is 130 Å². The first-order valence-corrected chi connectivity index (χ1v) is 6.78. The van der Waals surface area contributed by atoms with Crippen molar-refractivity contribution in [2.24, 2.45) is 4.99 Å². The minimum atomic E-state index is -4.36. The van der Waals surface area contributed by atoms with Crippen molar-refractivity contribution in [2.45, 2.75) is 26.2 Å². The van der Waals surface area contributed by atoms with Gasteiger partial charge in [0.05, 0.1) is 12.1 Å². The molecule has 0 atom stereocenters. The number of hydrogen-bond acceptors (Lipinski definition) is 4. The summed E-state index contributed by atoms with van der Waals surface area (Å²) in [5.74, 6) is 1.33. The van der Waals surface area contributed by atoms with Gasteiger partial charge in [0, 0.05) is 13.6 Å². The zero-order valence-corrected chi connectivity index (χ0v) is 12.6. The number of hydrogen-bond donors (Lipinski definition) is 2. The summed E-state index contributed by atoms with van der Waals surface area (Å²) >= 11 is 0. The minimum Gasteiger partial charge on any atom is -0.352 e. The summed E-state index contributed by atoms with van der Waals surface area (Å²) in [6.45, 7) is 2.17. The number of guanidine groups is 1. The van der Waals surface area contributed by atoms with Crippen LogP contribution in [0.5, 0.6) is 0 Å². The van der Waals surface area contributed by atoms with Crippen LogP contribution in [-0.4, -0.2) is 23.1 Å². The minimum absolute atomic E-state index is 0.201. The largest absolute Gasteiger partial charge is 0.416 e. The predicted octanol–water partition coefficient (Wildman–Crippen LogP) is 2.26. The Balaban J connectivity index is 1.90. The van der Waals surface area contributed by atoms with Crippen molar-refractivity contribution in [3.05, 3.63) is 47.1 Å². The van der Waals surface area contributed by atoms with E-state index in [4.69, 9.17) is 4.52 Å². The molecule has 1 aromatic carbocycles. The Morgan fingerprint density at radius 2 is 2.00 bits per heavy atom. The molecular formula is C14H16F3N5O. The van der Waals surface area contributed by atoms with Gasteiger partial charge in [-0.15, -0.1) is 0 Å². The van der Waals surface area contributed by atoms with E-state index in [-0.39, 0.29) is 13.1 Å². The first-order valence-electron chi connectivity index (χ1n) is 6.78. The Bertz CT molecular complexity index is 681. The van der Waals surface area contributed by atoms with E-state index in [2.05, 4.69) is 25.8 Å². The lowest BCUT2D eigenvalue weighted by molar-refractivity contribution is -0.137. The summed E-state index contributed by atoms with van der Waals surface area (Å²) in [5, 5.41) is 9.51. The fourth-order valence-electron chi connectivity index (χ4n) is 1.84. The van der Waals surface area contributed by atoms with Gasteiger partial charge in [-0.1, -0.05) is 17.3 Å². The van der Waals surface area contributed by atoms with E-state index in [1.165, 1.54) is 6.07 Å². The van der Waals surface area contributed by atoms with E-state index in [0.717, 1.165) is 12.1 Å². The maximum Gasteiger partial charge on any atom is 0.416 e. The smallest absolute Gasteiger partial charge is 0.352 e. The van der Waals surface area contributed by atoms with Crippen molar-refractivity contribution in [3.8, 4) is 0 Å². The maximum atomic E-state index is 12.7. The van der Waals surface area contributed by atoms with Crippen LogP contribution in [0.4, 0.5) is 13.2 Å². The quantitative estimate of drug-likeness (QED) is 0.665. The predicted molar refractivity (Wildman–Crippen MR) is 77.5 cm³/mol. The topological polar surface area (TPSA) is 75.3 Å². The van der Waals surface area contributed by atoms with Crippen molar-refractivity contribution < 1.29 is 17.7 Å². The van der Waals surface area contributed by atoms with E-state index >= 15 is 0 Å². The first-order chi connectivity index (χ1) is 10.9. The van der Waals surface area contributed by atoms with E-state index in [9.17, 15) is 13.2 Å². The standard InChI is InChI=1S/C14H16F3N5O/c1-9-21-12(23-22-9)8-20-13(18-2)19-7-10-4-3-5-11(6-10)14(15,16)17/h3-6H,7-8H2,1-2H3,(H2,18,19,20).